The second-order valence-electron chi connectivity index (χ2n) is 7.99. The molecule has 5 heteroatoms. The number of pyridine rings is 1. The lowest BCUT2D eigenvalue weighted by atomic mass is 9.93. The molecule has 3 aromatic rings. The average Bonchev–Trinajstić information content (AvgIpc) is 3.33. The summed E-state index contributed by atoms with van der Waals surface area (Å²) in [6.07, 6.45) is 8.48. The number of likely N-dealkylation sites (tertiary alicyclic amines) is 1. The summed E-state index contributed by atoms with van der Waals surface area (Å²) in [5.74, 6) is 0.236. The smallest absolute Gasteiger partial charge is 0.158 e. The lowest BCUT2D eigenvalue weighted by molar-refractivity contribution is -0.128. The number of rotatable bonds is 5. The summed E-state index contributed by atoms with van der Waals surface area (Å²) in [4.78, 5) is 19.8. The monoisotopic (exact) mass is 362 g/mol. The van der Waals surface area contributed by atoms with Crippen molar-refractivity contribution in [1.82, 2.24) is 19.7 Å². The first-order valence-corrected chi connectivity index (χ1v) is 9.59. The Morgan fingerprint density at radius 3 is 2.56 bits per heavy atom. The number of hydrogen-bond donors (Lipinski definition) is 0. The molecule has 1 saturated heterocycles. The predicted molar refractivity (Wildman–Crippen MR) is 108 cm³/mol. The number of Topliss-reactive ketones (excluding diaryl/α,β-unsaturated/α-hetero) is 1. The number of aromatic nitrogens is 3. The van der Waals surface area contributed by atoms with Gasteiger partial charge in [-0.3, -0.25) is 19.4 Å². The highest BCUT2D eigenvalue weighted by Gasteiger charge is 2.35. The van der Waals surface area contributed by atoms with Crippen LogP contribution < -0.4 is 0 Å². The van der Waals surface area contributed by atoms with E-state index in [1.54, 1.807) is 4.68 Å². The number of carbonyl (C=O) groups is 1. The van der Waals surface area contributed by atoms with E-state index < -0.39 is 5.54 Å². The Morgan fingerprint density at radius 1 is 1.07 bits per heavy atom. The molecule has 2 aromatic heterocycles. The molecule has 1 aliphatic rings. The van der Waals surface area contributed by atoms with Crippen molar-refractivity contribution in [3.63, 3.8) is 0 Å². The minimum absolute atomic E-state index is 0.236. The lowest BCUT2D eigenvalue weighted by Gasteiger charge is -2.33. The Kier molecular flexibility index (Phi) is 4.56. The third kappa shape index (κ3) is 3.52. The van der Waals surface area contributed by atoms with Crippen LogP contribution in [-0.4, -0.2) is 44.1 Å². The van der Waals surface area contributed by atoms with Crippen molar-refractivity contribution in [3.05, 3.63) is 48.5 Å². The Bertz CT molecular complexity index is 983. The van der Waals surface area contributed by atoms with E-state index in [1.165, 1.54) is 12.8 Å². The number of aryl methyl sites for hydroxylation is 1. The van der Waals surface area contributed by atoms with Crippen molar-refractivity contribution in [3.8, 4) is 11.1 Å². The van der Waals surface area contributed by atoms with E-state index in [9.17, 15) is 4.79 Å². The van der Waals surface area contributed by atoms with Crippen LogP contribution in [0.1, 0.15) is 32.4 Å². The zero-order chi connectivity index (χ0) is 19.0. The number of benzene rings is 1. The van der Waals surface area contributed by atoms with Gasteiger partial charge in [-0.25, -0.2) is 0 Å². The third-order valence-electron chi connectivity index (χ3n) is 5.74. The van der Waals surface area contributed by atoms with Crippen molar-refractivity contribution < 1.29 is 4.79 Å². The molecule has 0 bridgehead atoms. The summed E-state index contributed by atoms with van der Waals surface area (Å²) >= 11 is 0. The zero-order valence-electron chi connectivity index (χ0n) is 16.3. The van der Waals surface area contributed by atoms with E-state index >= 15 is 0 Å². The normalized spacial score (nSPS) is 15.5. The molecule has 0 saturated carbocycles. The van der Waals surface area contributed by atoms with Crippen LogP contribution in [-0.2, 0) is 18.3 Å². The van der Waals surface area contributed by atoms with Gasteiger partial charge in [0.1, 0.15) is 0 Å². The largest absolute Gasteiger partial charge is 0.297 e. The Morgan fingerprint density at radius 2 is 1.85 bits per heavy atom. The first-order chi connectivity index (χ1) is 12.9. The molecule has 5 nitrogen and oxygen atoms in total. The van der Waals surface area contributed by atoms with E-state index in [0.29, 0.717) is 6.42 Å². The van der Waals surface area contributed by atoms with E-state index in [2.05, 4.69) is 33.2 Å². The summed E-state index contributed by atoms with van der Waals surface area (Å²) in [6.45, 7) is 6.11. The molecule has 1 aliphatic heterocycles. The van der Waals surface area contributed by atoms with Crippen molar-refractivity contribution in [1.29, 1.82) is 0 Å². The second-order valence-corrected chi connectivity index (χ2v) is 7.99. The standard InChI is InChI=1S/C22H26N4O/c1-22(2,26-8-4-5-9-26)21(27)12-20-11-18-10-16(6-7-17(18)13-23-20)19-14-24-25(3)15-19/h6-7,10-11,13-15H,4-5,8-9,12H2,1-3H3. The summed E-state index contributed by atoms with van der Waals surface area (Å²) in [6, 6.07) is 8.35. The molecule has 4 rings (SSSR count). The van der Waals surface area contributed by atoms with Gasteiger partial charge in [-0.2, -0.15) is 5.10 Å². The average molecular weight is 362 g/mol. The minimum atomic E-state index is -0.426. The topological polar surface area (TPSA) is 51.0 Å². The molecule has 0 amide bonds. The molecule has 1 fully saturated rings. The first-order valence-electron chi connectivity index (χ1n) is 9.59. The van der Waals surface area contributed by atoms with Gasteiger partial charge in [0.05, 0.1) is 18.2 Å². The van der Waals surface area contributed by atoms with Crippen molar-refractivity contribution >= 4 is 16.6 Å². The molecular formula is C22H26N4O. The van der Waals surface area contributed by atoms with E-state index in [4.69, 9.17) is 0 Å². The molecular weight excluding hydrogens is 336 g/mol. The van der Waals surface area contributed by atoms with Crippen LogP contribution in [0.3, 0.4) is 0 Å². The van der Waals surface area contributed by atoms with Gasteiger partial charge in [0.2, 0.25) is 0 Å². The Balaban J connectivity index is 1.59. The molecule has 0 aliphatic carbocycles. The van der Waals surface area contributed by atoms with Gasteiger partial charge < -0.3 is 0 Å². The summed E-state index contributed by atoms with van der Waals surface area (Å²) < 4.78 is 1.80. The van der Waals surface area contributed by atoms with Crippen molar-refractivity contribution in [2.24, 2.45) is 7.05 Å². The van der Waals surface area contributed by atoms with Crippen LogP contribution >= 0.6 is 0 Å². The number of carbonyl (C=O) groups excluding carboxylic acids is 1. The van der Waals surface area contributed by atoms with Crippen molar-refractivity contribution in [2.75, 3.05) is 13.1 Å². The van der Waals surface area contributed by atoms with Gasteiger partial charge in [-0.05, 0) is 62.9 Å². The molecule has 0 N–H and O–H groups in total. The predicted octanol–water partition coefficient (Wildman–Crippen LogP) is 3.62. The molecule has 1 aromatic carbocycles. The highest BCUT2D eigenvalue weighted by Crippen LogP contribution is 2.26. The number of fused-ring (bicyclic) bond motifs is 1. The van der Waals surface area contributed by atoms with E-state index in [1.807, 2.05) is 45.6 Å². The maximum Gasteiger partial charge on any atom is 0.158 e. The molecule has 27 heavy (non-hydrogen) atoms. The molecule has 0 atom stereocenters. The van der Waals surface area contributed by atoms with Crippen molar-refractivity contribution in [2.45, 2.75) is 38.6 Å². The van der Waals surface area contributed by atoms with Crippen LogP contribution in [0.4, 0.5) is 0 Å². The number of hydrogen-bond acceptors (Lipinski definition) is 4. The fourth-order valence-electron chi connectivity index (χ4n) is 3.87. The fourth-order valence-corrected chi connectivity index (χ4v) is 3.87. The quantitative estimate of drug-likeness (QED) is 0.696. The number of ketones is 1. The first kappa shape index (κ1) is 17.9. The van der Waals surface area contributed by atoms with Gasteiger partial charge in [0.25, 0.3) is 0 Å². The SMILES string of the molecule is Cn1cc(-c2ccc3cnc(CC(=O)C(C)(C)N4CCCC4)cc3c2)cn1. The highest BCUT2D eigenvalue weighted by atomic mass is 16.1. The van der Waals surface area contributed by atoms with Gasteiger partial charge in [-0.15, -0.1) is 0 Å². The zero-order valence-corrected chi connectivity index (χ0v) is 16.3. The lowest BCUT2D eigenvalue weighted by Crippen LogP contribution is -2.49. The maximum atomic E-state index is 13.0. The van der Waals surface area contributed by atoms with Gasteiger partial charge >= 0.3 is 0 Å². The van der Waals surface area contributed by atoms with Gasteiger partial charge in [-0.1, -0.05) is 12.1 Å². The van der Waals surface area contributed by atoms with Crippen LogP contribution in [0.15, 0.2) is 42.9 Å². The maximum absolute atomic E-state index is 13.0. The Hall–Kier alpha value is -2.53. The van der Waals surface area contributed by atoms with E-state index in [0.717, 1.165) is 40.7 Å². The van der Waals surface area contributed by atoms with Gasteiger partial charge in [0, 0.05) is 36.1 Å². The molecule has 140 valence electrons. The van der Waals surface area contributed by atoms with Crippen LogP contribution in [0.5, 0.6) is 0 Å². The summed E-state index contributed by atoms with van der Waals surface area (Å²) in [7, 11) is 1.92. The minimum Gasteiger partial charge on any atom is -0.297 e. The number of nitrogens with zero attached hydrogens (tertiary/aromatic N) is 4. The molecule has 3 heterocycles. The van der Waals surface area contributed by atoms with E-state index in [-0.39, 0.29) is 5.78 Å². The second kappa shape index (κ2) is 6.89. The van der Waals surface area contributed by atoms with Crippen LogP contribution in [0.25, 0.3) is 21.9 Å². The van der Waals surface area contributed by atoms with Crippen LogP contribution in [0.2, 0.25) is 0 Å². The highest BCUT2D eigenvalue weighted by molar-refractivity contribution is 5.91. The summed E-state index contributed by atoms with van der Waals surface area (Å²) in [5.41, 5.74) is 2.62. The Labute approximate surface area is 160 Å². The third-order valence-corrected chi connectivity index (χ3v) is 5.74. The molecule has 0 radical (unpaired) electrons. The molecule has 0 unspecified atom stereocenters. The van der Waals surface area contributed by atoms with Crippen LogP contribution in [0, 0.1) is 0 Å². The molecule has 0 spiro atoms. The fraction of sp³-hybridized carbons (Fsp3) is 0.409. The van der Waals surface area contributed by atoms with Gasteiger partial charge in [0.15, 0.2) is 5.78 Å². The summed E-state index contributed by atoms with van der Waals surface area (Å²) in [5, 5.41) is 6.44.